The van der Waals surface area contributed by atoms with Gasteiger partial charge in [-0.05, 0) is 37.1 Å². The number of benzene rings is 2. The number of sulfone groups is 1. The number of hydrogen-bond acceptors (Lipinski definition) is 5. The third-order valence-electron chi connectivity index (χ3n) is 5.07. The maximum atomic E-state index is 12.7. The Hall–Kier alpha value is -2.87. The highest BCUT2D eigenvalue weighted by atomic mass is 32.2. The fourth-order valence-electron chi connectivity index (χ4n) is 3.53. The number of carbonyl (C=O) groups is 1. The van der Waals surface area contributed by atoms with Crippen molar-refractivity contribution in [3.8, 4) is 5.75 Å². The van der Waals surface area contributed by atoms with Crippen LogP contribution in [0.15, 0.2) is 54.6 Å². The Balaban J connectivity index is 1.48. The van der Waals surface area contributed by atoms with Gasteiger partial charge in [0.2, 0.25) is 5.91 Å². The summed E-state index contributed by atoms with van der Waals surface area (Å²) in [4.78, 5) is 17.3. The third kappa shape index (κ3) is 4.76. The number of ether oxygens (including phenoxy) is 1. The Labute approximate surface area is 169 Å². The fraction of sp³-hybridized carbons (Fsp3) is 0.333. The number of amides is 1. The molecule has 2 aromatic carbocycles. The molecular weight excluding hydrogens is 390 g/mol. The lowest BCUT2D eigenvalue weighted by Crippen LogP contribution is -2.42. The Kier molecular flexibility index (Phi) is 5.53. The van der Waals surface area contributed by atoms with Gasteiger partial charge in [0.1, 0.15) is 34.6 Å². The zero-order valence-electron chi connectivity index (χ0n) is 16.0. The number of nitrogens with one attached hydrogen (secondary N) is 1. The smallest absolute Gasteiger partial charge is 0.240 e. The summed E-state index contributed by atoms with van der Waals surface area (Å²) in [6, 6.07) is 17.0. The van der Waals surface area contributed by atoms with E-state index in [1.54, 1.807) is 0 Å². The molecule has 0 atom stereocenters. The molecule has 1 aliphatic heterocycles. The lowest BCUT2D eigenvalue weighted by atomic mass is 10.1. The molecule has 1 amide bonds. The maximum absolute atomic E-state index is 12.7. The lowest BCUT2D eigenvalue weighted by molar-refractivity contribution is -0.122. The molecule has 0 radical (unpaired) electrons. The highest BCUT2D eigenvalue weighted by Crippen LogP contribution is 2.19. The first kappa shape index (κ1) is 19.4. The van der Waals surface area contributed by atoms with Crippen LogP contribution in [0.1, 0.15) is 18.7 Å². The molecule has 2 heterocycles. The molecule has 0 spiro atoms. The Morgan fingerprint density at radius 2 is 1.76 bits per heavy atom. The second kappa shape index (κ2) is 8.24. The first-order valence-corrected chi connectivity index (χ1v) is 11.4. The number of aromatic nitrogens is 2. The molecule has 0 bridgehead atoms. The molecule has 1 aromatic heterocycles. The van der Waals surface area contributed by atoms with E-state index < -0.39 is 9.84 Å². The van der Waals surface area contributed by atoms with Gasteiger partial charge in [-0.25, -0.2) is 13.4 Å². The Morgan fingerprint density at radius 3 is 2.52 bits per heavy atom. The van der Waals surface area contributed by atoms with Gasteiger partial charge >= 0.3 is 0 Å². The minimum Gasteiger partial charge on any atom is -0.486 e. The monoisotopic (exact) mass is 413 g/mol. The second-order valence-corrected chi connectivity index (χ2v) is 9.50. The summed E-state index contributed by atoms with van der Waals surface area (Å²) < 4.78 is 30.8. The van der Waals surface area contributed by atoms with Crippen LogP contribution >= 0.6 is 0 Å². The van der Waals surface area contributed by atoms with E-state index in [1.165, 1.54) is 0 Å². The van der Waals surface area contributed by atoms with Gasteiger partial charge in [-0.2, -0.15) is 0 Å². The van der Waals surface area contributed by atoms with E-state index in [1.807, 2.05) is 59.2 Å². The van der Waals surface area contributed by atoms with Crippen molar-refractivity contribution in [1.29, 1.82) is 0 Å². The van der Waals surface area contributed by atoms with Crippen LogP contribution in [0.3, 0.4) is 0 Å². The van der Waals surface area contributed by atoms with Crippen molar-refractivity contribution in [2.24, 2.45) is 0 Å². The van der Waals surface area contributed by atoms with E-state index in [4.69, 9.17) is 4.74 Å². The van der Waals surface area contributed by atoms with Gasteiger partial charge in [0.25, 0.3) is 0 Å². The van der Waals surface area contributed by atoms with Crippen LogP contribution in [0.5, 0.6) is 5.75 Å². The van der Waals surface area contributed by atoms with E-state index in [0.717, 1.165) is 16.8 Å². The summed E-state index contributed by atoms with van der Waals surface area (Å²) >= 11 is 0. The largest absolute Gasteiger partial charge is 0.486 e. The van der Waals surface area contributed by atoms with Crippen molar-refractivity contribution in [1.82, 2.24) is 14.9 Å². The van der Waals surface area contributed by atoms with Crippen molar-refractivity contribution in [3.63, 3.8) is 0 Å². The molecule has 152 valence electrons. The third-order valence-corrected chi connectivity index (χ3v) is 6.78. The molecule has 3 aromatic rings. The molecule has 29 heavy (non-hydrogen) atoms. The van der Waals surface area contributed by atoms with Crippen molar-refractivity contribution < 1.29 is 17.9 Å². The first-order valence-electron chi connectivity index (χ1n) is 9.62. The van der Waals surface area contributed by atoms with E-state index in [0.29, 0.717) is 18.7 Å². The summed E-state index contributed by atoms with van der Waals surface area (Å²) in [7, 11) is -2.95. The average molecular weight is 413 g/mol. The van der Waals surface area contributed by atoms with Gasteiger partial charge in [0.05, 0.1) is 22.5 Å². The van der Waals surface area contributed by atoms with Gasteiger partial charge in [-0.1, -0.05) is 30.3 Å². The Bertz CT molecular complexity index is 1100. The number of carbonyl (C=O) groups excluding carboxylic acids is 1. The summed E-state index contributed by atoms with van der Waals surface area (Å²) in [6.07, 6.45) is 0.922. The van der Waals surface area contributed by atoms with Crippen LogP contribution in [0.25, 0.3) is 11.0 Å². The molecule has 4 rings (SSSR count). The molecule has 1 saturated heterocycles. The van der Waals surface area contributed by atoms with E-state index in [9.17, 15) is 13.2 Å². The molecule has 8 heteroatoms. The van der Waals surface area contributed by atoms with Gasteiger partial charge in [0, 0.05) is 6.04 Å². The van der Waals surface area contributed by atoms with Gasteiger partial charge in [-0.3, -0.25) is 4.79 Å². The highest BCUT2D eigenvalue weighted by molar-refractivity contribution is 7.91. The number of imidazole rings is 1. The normalized spacial score (nSPS) is 16.6. The standard InChI is InChI=1S/C21H23N3O4S/c25-21(22-16-10-12-29(26,27)13-11-16)14-24-19-9-5-4-8-18(19)23-20(24)15-28-17-6-2-1-3-7-17/h1-9,16H,10-15H2,(H,22,25). The van der Waals surface area contributed by atoms with Crippen LogP contribution in [0.4, 0.5) is 0 Å². The molecule has 1 fully saturated rings. The van der Waals surface area contributed by atoms with E-state index in [2.05, 4.69) is 10.3 Å². The SMILES string of the molecule is O=C(Cn1c(COc2ccccc2)nc2ccccc21)NC1CCS(=O)(=O)CC1. The van der Waals surface area contributed by atoms with Crippen molar-refractivity contribution in [3.05, 3.63) is 60.4 Å². The van der Waals surface area contributed by atoms with Crippen molar-refractivity contribution in [2.75, 3.05) is 11.5 Å². The highest BCUT2D eigenvalue weighted by Gasteiger charge is 2.25. The summed E-state index contributed by atoms with van der Waals surface area (Å²) in [6.45, 7) is 0.352. The number of rotatable bonds is 6. The molecule has 7 nitrogen and oxygen atoms in total. The minimum atomic E-state index is -2.95. The lowest BCUT2D eigenvalue weighted by Gasteiger charge is -2.23. The van der Waals surface area contributed by atoms with Crippen LogP contribution in [0.2, 0.25) is 0 Å². The zero-order valence-corrected chi connectivity index (χ0v) is 16.8. The van der Waals surface area contributed by atoms with E-state index >= 15 is 0 Å². The van der Waals surface area contributed by atoms with E-state index in [-0.39, 0.29) is 36.6 Å². The predicted octanol–water partition coefficient (Wildman–Crippen LogP) is 2.31. The molecule has 0 saturated carbocycles. The second-order valence-electron chi connectivity index (χ2n) is 7.20. The summed E-state index contributed by atoms with van der Waals surface area (Å²) in [5.74, 6) is 1.50. The van der Waals surface area contributed by atoms with Gasteiger partial charge in [-0.15, -0.1) is 0 Å². The number of nitrogens with zero attached hydrogens (tertiary/aromatic N) is 2. The summed E-state index contributed by atoms with van der Waals surface area (Å²) in [5.41, 5.74) is 1.66. The van der Waals surface area contributed by atoms with Crippen LogP contribution in [0, 0.1) is 0 Å². The molecular formula is C21H23N3O4S. The Morgan fingerprint density at radius 1 is 1.07 bits per heavy atom. The van der Waals surface area contributed by atoms with Crippen molar-refractivity contribution in [2.45, 2.75) is 32.0 Å². The quantitative estimate of drug-likeness (QED) is 0.670. The predicted molar refractivity (Wildman–Crippen MR) is 110 cm³/mol. The van der Waals surface area contributed by atoms with Crippen LogP contribution < -0.4 is 10.1 Å². The number of fused-ring (bicyclic) bond motifs is 1. The van der Waals surface area contributed by atoms with Gasteiger partial charge in [0.15, 0.2) is 0 Å². The summed E-state index contributed by atoms with van der Waals surface area (Å²) in [5, 5.41) is 2.97. The van der Waals surface area contributed by atoms with Crippen LogP contribution in [-0.2, 0) is 27.8 Å². The first-order chi connectivity index (χ1) is 14.0. The number of hydrogen-bond donors (Lipinski definition) is 1. The molecule has 0 aliphatic carbocycles. The molecule has 1 aliphatic rings. The molecule has 0 unspecified atom stereocenters. The van der Waals surface area contributed by atoms with Crippen LogP contribution in [-0.4, -0.2) is 41.4 Å². The van der Waals surface area contributed by atoms with Crippen molar-refractivity contribution >= 4 is 26.8 Å². The number of para-hydroxylation sites is 3. The molecule has 1 N–H and O–H groups in total. The minimum absolute atomic E-state index is 0.107. The topological polar surface area (TPSA) is 90.3 Å². The average Bonchev–Trinajstić information content (AvgIpc) is 3.06. The van der Waals surface area contributed by atoms with Gasteiger partial charge < -0.3 is 14.6 Å². The fourth-order valence-corrected chi connectivity index (χ4v) is 5.02. The zero-order chi connectivity index (χ0) is 20.3. The maximum Gasteiger partial charge on any atom is 0.240 e.